The molecule has 3 rings (SSSR count). The van der Waals surface area contributed by atoms with Crippen LogP contribution < -0.4 is 5.56 Å². The number of nitrogens with one attached hydrogen (secondary N) is 1. The summed E-state index contributed by atoms with van der Waals surface area (Å²) in [6, 6.07) is 5.26. The van der Waals surface area contributed by atoms with E-state index in [4.69, 9.17) is 9.26 Å². The number of H-pyrrole nitrogens is 1. The third-order valence-electron chi connectivity index (χ3n) is 3.72. The van der Waals surface area contributed by atoms with Crippen molar-refractivity contribution in [3.05, 3.63) is 40.2 Å². The van der Waals surface area contributed by atoms with Gasteiger partial charge in [0.15, 0.2) is 0 Å². The molecule has 0 fully saturated rings. The van der Waals surface area contributed by atoms with Crippen LogP contribution in [0.25, 0.3) is 22.4 Å². The maximum atomic E-state index is 11.9. The Kier molecular flexibility index (Phi) is 4.44. The van der Waals surface area contributed by atoms with E-state index in [9.17, 15) is 4.79 Å². The van der Waals surface area contributed by atoms with Crippen LogP contribution in [0.2, 0.25) is 0 Å². The van der Waals surface area contributed by atoms with E-state index in [1.807, 2.05) is 20.8 Å². The highest BCUT2D eigenvalue weighted by Gasteiger charge is 2.22. The van der Waals surface area contributed by atoms with Crippen LogP contribution >= 0.6 is 0 Å². The van der Waals surface area contributed by atoms with Crippen molar-refractivity contribution in [3.63, 3.8) is 0 Å². The van der Waals surface area contributed by atoms with E-state index in [2.05, 4.69) is 20.1 Å². The molecule has 0 spiro atoms. The van der Waals surface area contributed by atoms with Crippen molar-refractivity contribution in [1.82, 2.24) is 20.1 Å². The van der Waals surface area contributed by atoms with Crippen molar-refractivity contribution in [2.75, 3.05) is 6.61 Å². The molecular weight excluding hydrogens is 308 g/mol. The molecule has 3 aromatic rings. The zero-order chi connectivity index (χ0) is 17.3. The number of aromatic amines is 1. The summed E-state index contributed by atoms with van der Waals surface area (Å²) in [4.78, 5) is 23.4. The van der Waals surface area contributed by atoms with Gasteiger partial charge in [-0.3, -0.25) is 4.79 Å². The lowest BCUT2D eigenvalue weighted by Gasteiger charge is -2.16. The number of aryl methyl sites for hydroxylation is 1. The van der Waals surface area contributed by atoms with Crippen LogP contribution in [-0.2, 0) is 4.74 Å². The van der Waals surface area contributed by atoms with Crippen molar-refractivity contribution in [2.45, 2.75) is 33.8 Å². The first-order valence-electron chi connectivity index (χ1n) is 7.96. The Balaban J connectivity index is 2.01. The van der Waals surface area contributed by atoms with E-state index < -0.39 is 0 Å². The van der Waals surface area contributed by atoms with Crippen LogP contribution in [0.3, 0.4) is 0 Å². The molecular formula is C17H20N4O3. The minimum absolute atomic E-state index is 0.161. The highest BCUT2D eigenvalue weighted by atomic mass is 16.5. The number of aromatic nitrogens is 4. The monoisotopic (exact) mass is 328 g/mol. The Hall–Kier alpha value is -2.54. The Morgan fingerprint density at radius 1 is 1.29 bits per heavy atom. The van der Waals surface area contributed by atoms with E-state index >= 15 is 0 Å². The Labute approximate surface area is 139 Å². The smallest absolute Gasteiger partial charge is 0.258 e. The maximum Gasteiger partial charge on any atom is 0.258 e. The molecule has 0 aliphatic carbocycles. The molecule has 0 bridgehead atoms. The van der Waals surface area contributed by atoms with E-state index in [1.165, 1.54) is 0 Å². The van der Waals surface area contributed by atoms with Gasteiger partial charge in [-0.15, -0.1) is 0 Å². The summed E-state index contributed by atoms with van der Waals surface area (Å²) in [7, 11) is 0. The predicted octanol–water partition coefficient (Wildman–Crippen LogP) is 3.02. The molecule has 2 aromatic heterocycles. The fraction of sp³-hybridized carbons (Fsp3) is 0.412. The molecule has 7 nitrogen and oxygen atoms in total. The number of ether oxygens (including phenoxy) is 1. The molecule has 126 valence electrons. The van der Waals surface area contributed by atoms with Crippen molar-refractivity contribution in [3.8, 4) is 11.5 Å². The fourth-order valence-corrected chi connectivity index (χ4v) is 2.60. The molecule has 1 atom stereocenters. The summed E-state index contributed by atoms with van der Waals surface area (Å²) in [6.45, 7) is 8.35. The number of hydrogen-bond donors (Lipinski definition) is 1. The van der Waals surface area contributed by atoms with Gasteiger partial charge in [0.05, 0.1) is 10.9 Å². The SMILES string of the molecule is CCOC(c1noc(-c2ccc3c(=O)[nH]c(C)nc3c2)n1)C(C)C. The number of rotatable bonds is 5. The first-order chi connectivity index (χ1) is 11.5. The fourth-order valence-electron chi connectivity index (χ4n) is 2.60. The first kappa shape index (κ1) is 16.3. The first-order valence-corrected chi connectivity index (χ1v) is 7.96. The summed E-state index contributed by atoms with van der Waals surface area (Å²) in [5.41, 5.74) is 1.16. The molecule has 0 radical (unpaired) electrons. The molecule has 0 saturated heterocycles. The van der Waals surface area contributed by atoms with Crippen LogP contribution in [0.4, 0.5) is 0 Å². The minimum atomic E-state index is -0.212. The number of fused-ring (bicyclic) bond motifs is 1. The Morgan fingerprint density at radius 3 is 2.79 bits per heavy atom. The number of hydrogen-bond acceptors (Lipinski definition) is 6. The lowest BCUT2D eigenvalue weighted by atomic mass is 10.1. The minimum Gasteiger partial charge on any atom is -0.370 e. The van der Waals surface area contributed by atoms with Crippen LogP contribution in [0.15, 0.2) is 27.5 Å². The summed E-state index contributed by atoms with van der Waals surface area (Å²) >= 11 is 0. The molecule has 2 heterocycles. The lowest BCUT2D eigenvalue weighted by Crippen LogP contribution is -2.12. The molecule has 0 aliphatic rings. The molecule has 1 aromatic carbocycles. The van der Waals surface area contributed by atoms with E-state index in [1.54, 1.807) is 25.1 Å². The molecule has 1 N–H and O–H groups in total. The maximum absolute atomic E-state index is 11.9. The normalized spacial score (nSPS) is 12.9. The second-order valence-corrected chi connectivity index (χ2v) is 5.96. The standard InChI is InChI=1S/C17H20N4O3/c1-5-23-14(9(2)3)15-20-17(24-21-15)11-6-7-12-13(8-11)18-10(4)19-16(12)22/h6-9,14H,5H2,1-4H3,(H,18,19,22). The molecule has 7 heteroatoms. The van der Waals surface area contributed by atoms with Crippen LogP contribution in [-0.4, -0.2) is 26.7 Å². The number of nitrogens with zero attached hydrogens (tertiary/aromatic N) is 3. The Bertz CT molecular complexity index is 914. The predicted molar refractivity (Wildman–Crippen MR) is 89.6 cm³/mol. The summed E-state index contributed by atoms with van der Waals surface area (Å²) < 4.78 is 11.1. The van der Waals surface area contributed by atoms with Gasteiger partial charge in [0.1, 0.15) is 11.9 Å². The van der Waals surface area contributed by atoms with Gasteiger partial charge in [0.25, 0.3) is 11.4 Å². The third-order valence-corrected chi connectivity index (χ3v) is 3.72. The van der Waals surface area contributed by atoms with Gasteiger partial charge < -0.3 is 14.2 Å². The quantitative estimate of drug-likeness (QED) is 0.773. The van der Waals surface area contributed by atoms with Crippen molar-refractivity contribution >= 4 is 10.9 Å². The summed E-state index contributed by atoms with van der Waals surface area (Å²) in [5.74, 6) is 1.70. The van der Waals surface area contributed by atoms with Crippen LogP contribution in [0, 0.1) is 12.8 Å². The second kappa shape index (κ2) is 6.52. The number of benzene rings is 1. The van der Waals surface area contributed by atoms with Crippen molar-refractivity contribution in [1.29, 1.82) is 0 Å². The van der Waals surface area contributed by atoms with Crippen molar-refractivity contribution < 1.29 is 9.26 Å². The topological polar surface area (TPSA) is 93.9 Å². The average molecular weight is 328 g/mol. The van der Waals surface area contributed by atoms with Crippen LogP contribution in [0.1, 0.15) is 38.5 Å². The van der Waals surface area contributed by atoms with Gasteiger partial charge in [-0.05, 0) is 38.0 Å². The van der Waals surface area contributed by atoms with Gasteiger partial charge in [-0.2, -0.15) is 4.98 Å². The van der Waals surface area contributed by atoms with Gasteiger partial charge in [0.2, 0.25) is 5.82 Å². The van der Waals surface area contributed by atoms with Crippen LogP contribution in [0.5, 0.6) is 0 Å². The Morgan fingerprint density at radius 2 is 2.08 bits per heavy atom. The zero-order valence-electron chi connectivity index (χ0n) is 14.2. The van der Waals surface area contributed by atoms with E-state index in [-0.39, 0.29) is 17.6 Å². The molecule has 0 aliphatic heterocycles. The highest BCUT2D eigenvalue weighted by Crippen LogP contribution is 2.27. The highest BCUT2D eigenvalue weighted by molar-refractivity contribution is 5.82. The van der Waals surface area contributed by atoms with E-state index in [0.717, 1.165) is 5.56 Å². The van der Waals surface area contributed by atoms with Gasteiger partial charge >= 0.3 is 0 Å². The lowest BCUT2D eigenvalue weighted by molar-refractivity contribution is 0.0217. The van der Waals surface area contributed by atoms with Gasteiger partial charge in [-0.25, -0.2) is 4.98 Å². The molecule has 24 heavy (non-hydrogen) atoms. The third kappa shape index (κ3) is 3.07. The summed E-state index contributed by atoms with van der Waals surface area (Å²) in [5, 5.41) is 4.57. The molecule has 0 saturated carbocycles. The molecule has 1 unspecified atom stereocenters. The zero-order valence-corrected chi connectivity index (χ0v) is 14.2. The largest absolute Gasteiger partial charge is 0.370 e. The van der Waals surface area contributed by atoms with Gasteiger partial charge in [0, 0.05) is 12.2 Å². The average Bonchev–Trinajstić information content (AvgIpc) is 3.01. The van der Waals surface area contributed by atoms with Gasteiger partial charge in [-0.1, -0.05) is 19.0 Å². The van der Waals surface area contributed by atoms with E-state index in [0.29, 0.717) is 35.0 Å². The van der Waals surface area contributed by atoms with Crippen molar-refractivity contribution in [2.24, 2.45) is 5.92 Å². The summed E-state index contributed by atoms with van der Waals surface area (Å²) in [6.07, 6.45) is -0.212. The molecule has 0 amide bonds. The second-order valence-electron chi connectivity index (χ2n) is 5.96.